The Morgan fingerprint density at radius 3 is 3.00 bits per heavy atom. The highest BCUT2D eigenvalue weighted by molar-refractivity contribution is 7.10. The van der Waals surface area contributed by atoms with Crippen LogP contribution in [0.5, 0.6) is 0 Å². The van der Waals surface area contributed by atoms with Gasteiger partial charge >= 0.3 is 6.03 Å². The number of aryl methyl sites for hydroxylation is 1. The van der Waals surface area contributed by atoms with Gasteiger partial charge in [-0.3, -0.25) is 14.5 Å². The Morgan fingerprint density at radius 2 is 2.21 bits per heavy atom. The number of amides is 4. The maximum absolute atomic E-state index is 13.1. The zero-order chi connectivity index (χ0) is 19.9. The average molecular weight is 418 g/mol. The first-order chi connectivity index (χ1) is 13.4. The summed E-state index contributed by atoms with van der Waals surface area (Å²) in [5.74, 6) is -0.739. The Labute approximate surface area is 171 Å². The summed E-state index contributed by atoms with van der Waals surface area (Å²) in [5.41, 5.74) is 0.700. The van der Waals surface area contributed by atoms with Crippen molar-refractivity contribution in [2.75, 3.05) is 6.54 Å². The Balaban J connectivity index is 1.48. The van der Waals surface area contributed by atoms with E-state index in [1.165, 1.54) is 0 Å². The van der Waals surface area contributed by atoms with Crippen LogP contribution in [-0.4, -0.2) is 29.3 Å². The lowest BCUT2D eigenvalue weighted by Crippen LogP contribution is -2.47. The second kappa shape index (κ2) is 7.22. The first-order valence-electron chi connectivity index (χ1n) is 9.16. The monoisotopic (exact) mass is 417 g/mol. The van der Waals surface area contributed by atoms with Crippen LogP contribution in [-0.2, 0) is 21.5 Å². The fourth-order valence-corrected chi connectivity index (χ4v) is 5.17. The second-order valence-electron chi connectivity index (χ2n) is 7.18. The number of hydrogen-bond acceptors (Lipinski definition) is 4. The number of hydrogen-bond donors (Lipinski definition) is 2. The minimum absolute atomic E-state index is 0.293. The summed E-state index contributed by atoms with van der Waals surface area (Å²) in [4.78, 5) is 40.3. The third-order valence-electron chi connectivity index (χ3n) is 5.36. The van der Waals surface area contributed by atoms with Crippen LogP contribution < -0.4 is 10.6 Å². The normalized spacial score (nSPS) is 22.1. The molecule has 1 aromatic heterocycles. The van der Waals surface area contributed by atoms with E-state index in [-0.39, 0.29) is 18.5 Å². The molecule has 0 unspecified atom stereocenters. The maximum atomic E-state index is 13.1. The highest BCUT2D eigenvalue weighted by Gasteiger charge is 2.54. The third kappa shape index (κ3) is 3.18. The summed E-state index contributed by atoms with van der Waals surface area (Å²) < 4.78 is 0. The summed E-state index contributed by atoms with van der Waals surface area (Å²) in [6.07, 6.45) is 2.29. The van der Waals surface area contributed by atoms with Crippen molar-refractivity contribution in [3.05, 3.63) is 56.7 Å². The van der Waals surface area contributed by atoms with Gasteiger partial charge in [0.05, 0.1) is 6.04 Å². The van der Waals surface area contributed by atoms with Gasteiger partial charge in [-0.2, -0.15) is 0 Å². The van der Waals surface area contributed by atoms with Gasteiger partial charge in [0.15, 0.2) is 0 Å². The highest BCUT2D eigenvalue weighted by atomic mass is 35.5. The molecule has 1 aromatic carbocycles. The van der Waals surface area contributed by atoms with Crippen LogP contribution in [0, 0.1) is 0 Å². The van der Waals surface area contributed by atoms with Crippen molar-refractivity contribution in [1.29, 1.82) is 0 Å². The number of imide groups is 1. The molecule has 6 nitrogen and oxygen atoms in total. The van der Waals surface area contributed by atoms with E-state index in [1.807, 2.05) is 30.5 Å². The molecular formula is C20H20ClN3O3S. The van der Waals surface area contributed by atoms with Gasteiger partial charge in [0.2, 0.25) is 5.91 Å². The molecule has 4 rings (SSSR count). The largest absolute Gasteiger partial charge is 0.348 e. The van der Waals surface area contributed by atoms with Crippen LogP contribution >= 0.6 is 22.9 Å². The van der Waals surface area contributed by atoms with Crippen molar-refractivity contribution >= 4 is 40.8 Å². The number of halogens is 1. The first kappa shape index (κ1) is 19.0. The summed E-state index contributed by atoms with van der Waals surface area (Å²) in [7, 11) is 0. The SMILES string of the molecule is C[C@H](NC(=O)CN1C(=O)N[C@@]2(CCCc3sccc32)C1=O)c1cccc(Cl)c1. The van der Waals surface area contributed by atoms with Gasteiger partial charge in [-0.05, 0) is 55.3 Å². The highest BCUT2D eigenvalue weighted by Crippen LogP contribution is 2.42. The molecule has 1 aliphatic heterocycles. The predicted octanol–water partition coefficient (Wildman–Crippen LogP) is 3.36. The van der Waals surface area contributed by atoms with E-state index in [2.05, 4.69) is 10.6 Å². The number of thiophene rings is 1. The molecule has 1 spiro atoms. The lowest BCUT2D eigenvalue weighted by atomic mass is 9.80. The van der Waals surface area contributed by atoms with E-state index >= 15 is 0 Å². The number of urea groups is 1. The van der Waals surface area contributed by atoms with E-state index < -0.39 is 17.5 Å². The molecule has 0 saturated carbocycles. The molecular weight excluding hydrogens is 398 g/mol. The Morgan fingerprint density at radius 1 is 1.39 bits per heavy atom. The van der Waals surface area contributed by atoms with Gasteiger partial charge in [0.25, 0.3) is 5.91 Å². The van der Waals surface area contributed by atoms with Crippen molar-refractivity contribution in [2.24, 2.45) is 0 Å². The van der Waals surface area contributed by atoms with Gasteiger partial charge in [-0.25, -0.2) is 4.79 Å². The van der Waals surface area contributed by atoms with E-state index in [9.17, 15) is 14.4 Å². The molecule has 1 fully saturated rings. The number of nitrogens with one attached hydrogen (secondary N) is 2. The smallest absolute Gasteiger partial charge is 0.325 e. The van der Waals surface area contributed by atoms with Crippen molar-refractivity contribution < 1.29 is 14.4 Å². The zero-order valence-electron chi connectivity index (χ0n) is 15.3. The average Bonchev–Trinajstić information content (AvgIpc) is 3.22. The van der Waals surface area contributed by atoms with Crippen molar-refractivity contribution in [3.63, 3.8) is 0 Å². The molecule has 0 radical (unpaired) electrons. The first-order valence-corrected chi connectivity index (χ1v) is 10.4. The molecule has 146 valence electrons. The fourth-order valence-electron chi connectivity index (χ4n) is 3.97. The van der Waals surface area contributed by atoms with Gasteiger partial charge in [-0.15, -0.1) is 11.3 Å². The summed E-state index contributed by atoms with van der Waals surface area (Å²) >= 11 is 7.60. The van der Waals surface area contributed by atoms with Crippen LogP contribution in [0.15, 0.2) is 35.7 Å². The minimum atomic E-state index is -1.02. The molecule has 8 heteroatoms. The van der Waals surface area contributed by atoms with E-state index in [1.54, 1.807) is 23.5 Å². The predicted molar refractivity (Wildman–Crippen MR) is 107 cm³/mol. The number of fused-ring (bicyclic) bond motifs is 2. The van der Waals surface area contributed by atoms with E-state index in [4.69, 9.17) is 11.6 Å². The van der Waals surface area contributed by atoms with Gasteiger partial charge in [0, 0.05) is 15.5 Å². The van der Waals surface area contributed by atoms with Crippen LogP contribution in [0.1, 0.15) is 41.8 Å². The second-order valence-corrected chi connectivity index (χ2v) is 8.62. The molecule has 2 N–H and O–H groups in total. The van der Waals surface area contributed by atoms with E-state index in [0.29, 0.717) is 11.4 Å². The molecule has 2 heterocycles. The van der Waals surface area contributed by atoms with Gasteiger partial charge < -0.3 is 10.6 Å². The number of carbonyl (C=O) groups is 3. The van der Waals surface area contributed by atoms with Crippen molar-refractivity contribution in [2.45, 2.75) is 37.8 Å². The molecule has 2 aliphatic rings. The maximum Gasteiger partial charge on any atom is 0.325 e. The fraction of sp³-hybridized carbons (Fsp3) is 0.350. The minimum Gasteiger partial charge on any atom is -0.348 e. The zero-order valence-corrected chi connectivity index (χ0v) is 16.9. The Bertz CT molecular complexity index is 960. The third-order valence-corrected chi connectivity index (χ3v) is 6.58. The molecule has 4 amide bonds. The Hall–Kier alpha value is -2.38. The Kier molecular flexibility index (Phi) is 4.89. The summed E-state index contributed by atoms with van der Waals surface area (Å²) in [6, 6.07) is 8.30. The number of nitrogens with zero attached hydrogens (tertiary/aromatic N) is 1. The van der Waals surface area contributed by atoms with Crippen LogP contribution in [0.2, 0.25) is 5.02 Å². The topological polar surface area (TPSA) is 78.5 Å². The van der Waals surface area contributed by atoms with Gasteiger partial charge in [-0.1, -0.05) is 23.7 Å². The van der Waals surface area contributed by atoms with Crippen molar-refractivity contribution in [1.82, 2.24) is 15.5 Å². The van der Waals surface area contributed by atoms with Crippen molar-refractivity contribution in [3.8, 4) is 0 Å². The molecule has 1 saturated heterocycles. The summed E-state index contributed by atoms with van der Waals surface area (Å²) in [6.45, 7) is 1.52. The number of benzene rings is 1. The molecule has 28 heavy (non-hydrogen) atoms. The number of rotatable bonds is 4. The molecule has 1 aliphatic carbocycles. The van der Waals surface area contributed by atoms with Gasteiger partial charge in [0.1, 0.15) is 12.1 Å². The molecule has 2 atom stereocenters. The molecule has 2 aromatic rings. The standard InChI is InChI=1S/C20H20ClN3O3S/c1-12(13-4-2-5-14(21)10-13)22-17(25)11-24-18(26)20(23-19(24)27)8-3-6-16-15(20)7-9-28-16/h2,4-5,7,9-10,12H,3,6,8,11H2,1H3,(H,22,25)(H,23,27)/t12-,20+/m0/s1. The number of carbonyl (C=O) groups excluding carboxylic acids is 3. The van der Waals surface area contributed by atoms with Crippen LogP contribution in [0.25, 0.3) is 0 Å². The summed E-state index contributed by atoms with van der Waals surface area (Å²) in [5, 5.41) is 8.21. The lowest BCUT2D eigenvalue weighted by Gasteiger charge is -2.31. The quantitative estimate of drug-likeness (QED) is 0.748. The van der Waals surface area contributed by atoms with Crippen LogP contribution in [0.4, 0.5) is 4.79 Å². The molecule has 0 bridgehead atoms. The van der Waals surface area contributed by atoms with Crippen LogP contribution in [0.3, 0.4) is 0 Å². The van der Waals surface area contributed by atoms with E-state index in [0.717, 1.165) is 33.7 Å². The lowest BCUT2D eigenvalue weighted by molar-refractivity contribution is -0.135.